The molecular formula is C16H22N2S. The number of hydrogen-bond donors (Lipinski definition) is 1. The molecule has 0 unspecified atom stereocenters. The lowest BCUT2D eigenvalue weighted by Gasteiger charge is -2.23. The lowest BCUT2D eigenvalue weighted by Crippen LogP contribution is -2.21. The highest BCUT2D eigenvalue weighted by Gasteiger charge is 2.19. The molecule has 2 nitrogen and oxygen atoms in total. The van der Waals surface area contributed by atoms with Crippen LogP contribution in [0.5, 0.6) is 0 Å². The molecular weight excluding hydrogens is 252 g/mol. The van der Waals surface area contributed by atoms with E-state index in [4.69, 9.17) is 4.98 Å². The van der Waals surface area contributed by atoms with Crippen LogP contribution in [-0.2, 0) is 6.42 Å². The van der Waals surface area contributed by atoms with Gasteiger partial charge in [0.1, 0.15) is 0 Å². The van der Waals surface area contributed by atoms with Gasteiger partial charge in [0.15, 0.2) is 0 Å². The summed E-state index contributed by atoms with van der Waals surface area (Å²) in [6, 6.07) is 10.4. The SMILES string of the molecule is CNCCC(C)(C)Cc1nc(-c2ccccc2)cs1. The summed E-state index contributed by atoms with van der Waals surface area (Å²) in [6.07, 6.45) is 2.22. The maximum Gasteiger partial charge on any atom is 0.0937 e. The normalized spacial score (nSPS) is 11.7. The first-order valence-electron chi connectivity index (χ1n) is 6.75. The van der Waals surface area contributed by atoms with Gasteiger partial charge < -0.3 is 5.32 Å². The van der Waals surface area contributed by atoms with Crippen molar-refractivity contribution in [1.29, 1.82) is 0 Å². The van der Waals surface area contributed by atoms with Crippen LogP contribution < -0.4 is 5.32 Å². The van der Waals surface area contributed by atoms with E-state index < -0.39 is 0 Å². The summed E-state index contributed by atoms with van der Waals surface area (Å²) in [6.45, 7) is 5.69. The lowest BCUT2D eigenvalue weighted by molar-refractivity contribution is 0.329. The largest absolute Gasteiger partial charge is 0.320 e. The summed E-state index contributed by atoms with van der Waals surface area (Å²) in [5, 5.41) is 6.63. The van der Waals surface area contributed by atoms with Gasteiger partial charge in [-0.05, 0) is 25.4 Å². The molecule has 0 bridgehead atoms. The summed E-state index contributed by atoms with van der Waals surface area (Å²) < 4.78 is 0. The fourth-order valence-electron chi connectivity index (χ4n) is 2.09. The highest BCUT2D eigenvalue weighted by atomic mass is 32.1. The topological polar surface area (TPSA) is 24.9 Å². The minimum Gasteiger partial charge on any atom is -0.320 e. The lowest BCUT2D eigenvalue weighted by atomic mass is 9.86. The predicted octanol–water partition coefficient (Wildman–Crippen LogP) is 3.99. The zero-order valence-corrected chi connectivity index (χ0v) is 12.8. The van der Waals surface area contributed by atoms with Crippen molar-refractivity contribution in [2.24, 2.45) is 5.41 Å². The van der Waals surface area contributed by atoms with Gasteiger partial charge >= 0.3 is 0 Å². The van der Waals surface area contributed by atoms with E-state index in [1.165, 1.54) is 17.0 Å². The maximum atomic E-state index is 4.77. The van der Waals surface area contributed by atoms with Crippen molar-refractivity contribution in [3.8, 4) is 11.3 Å². The van der Waals surface area contributed by atoms with Gasteiger partial charge in [-0.1, -0.05) is 44.2 Å². The Morgan fingerprint density at radius 2 is 1.95 bits per heavy atom. The van der Waals surface area contributed by atoms with Crippen LogP contribution in [0.25, 0.3) is 11.3 Å². The van der Waals surface area contributed by atoms with Gasteiger partial charge in [-0.3, -0.25) is 0 Å². The van der Waals surface area contributed by atoms with Crippen LogP contribution in [0.2, 0.25) is 0 Å². The molecule has 0 spiro atoms. The van der Waals surface area contributed by atoms with Gasteiger partial charge in [0.25, 0.3) is 0 Å². The molecule has 3 heteroatoms. The van der Waals surface area contributed by atoms with Crippen molar-refractivity contribution < 1.29 is 0 Å². The van der Waals surface area contributed by atoms with Gasteiger partial charge in [-0.25, -0.2) is 4.98 Å². The number of thiazole rings is 1. The number of aromatic nitrogens is 1. The van der Waals surface area contributed by atoms with Crippen LogP contribution in [-0.4, -0.2) is 18.6 Å². The first kappa shape index (κ1) is 14.2. The van der Waals surface area contributed by atoms with Crippen molar-refractivity contribution in [3.05, 3.63) is 40.7 Å². The van der Waals surface area contributed by atoms with Crippen molar-refractivity contribution in [2.45, 2.75) is 26.7 Å². The minimum atomic E-state index is 0.300. The second-order valence-corrected chi connectivity index (χ2v) is 6.63. The fourth-order valence-corrected chi connectivity index (χ4v) is 3.16. The van der Waals surface area contributed by atoms with Crippen molar-refractivity contribution >= 4 is 11.3 Å². The Morgan fingerprint density at radius 3 is 2.63 bits per heavy atom. The number of rotatable bonds is 6. The highest BCUT2D eigenvalue weighted by molar-refractivity contribution is 7.09. The van der Waals surface area contributed by atoms with E-state index in [0.717, 1.165) is 18.7 Å². The van der Waals surface area contributed by atoms with Crippen molar-refractivity contribution in [3.63, 3.8) is 0 Å². The van der Waals surface area contributed by atoms with Gasteiger partial charge in [0, 0.05) is 17.4 Å². The van der Waals surface area contributed by atoms with Crippen LogP contribution >= 0.6 is 11.3 Å². The molecule has 0 saturated heterocycles. The molecule has 102 valence electrons. The molecule has 1 N–H and O–H groups in total. The highest BCUT2D eigenvalue weighted by Crippen LogP contribution is 2.29. The first-order valence-corrected chi connectivity index (χ1v) is 7.63. The Kier molecular flexibility index (Phi) is 4.72. The fraction of sp³-hybridized carbons (Fsp3) is 0.438. The third kappa shape index (κ3) is 4.15. The van der Waals surface area contributed by atoms with Crippen LogP contribution in [0, 0.1) is 5.41 Å². The third-order valence-electron chi connectivity index (χ3n) is 3.30. The Balaban J connectivity index is 2.05. The Labute approximate surface area is 119 Å². The molecule has 1 heterocycles. The van der Waals surface area contributed by atoms with Crippen molar-refractivity contribution in [2.75, 3.05) is 13.6 Å². The van der Waals surface area contributed by atoms with Gasteiger partial charge in [0.2, 0.25) is 0 Å². The Morgan fingerprint density at radius 1 is 1.21 bits per heavy atom. The van der Waals surface area contributed by atoms with E-state index in [2.05, 4.69) is 48.8 Å². The first-order chi connectivity index (χ1) is 9.11. The molecule has 0 saturated carbocycles. The molecule has 1 aromatic carbocycles. The molecule has 2 rings (SSSR count). The summed E-state index contributed by atoms with van der Waals surface area (Å²) in [4.78, 5) is 4.77. The van der Waals surface area contributed by atoms with E-state index >= 15 is 0 Å². The van der Waals surface area contributed by atoms with Crippen LogP contribution in [0.3, 0.4) is 0 Å². The molecule has 1 aromatic heterocycles. The van der Waals surface area contributed by atoms with E-state index in [-0.39, 0.29) is 0 Å². The number of hydrogen-bond acceptors (Lipinski definition) is 3. The van der Waals surface area contributed by atoms with Crippen molar-refractivity contribution in [1.82, 2.24) is 10.3 Å². The zero-order chi connectivity index (χ0) is 13.7. The van der Waals surface area contributed by atoms with Crippen LogP contribution in [0.15, 0.2) is 35.7 Å². The molecule has 0 atom stereocenters. The quantitative estimate of drug-likeness (QED) is 0.861. The number of nitrogens with one attached hydrogen (secondary N) is 1. The summed E-state index contributed by atoms with van der Waals surface area (Å²) in [5.41, 5.74) is 2.61. The minimum absolute atomic E-state index is 0.300. The van der Waals surface area contributed by atoms with E-state index in [9.17, 15) is 0 Å². The molecule has 0 aliphatic heterocycles. The van der Waals surface area contributed by atoms with Gasteiger partial charge in [-0.2, -0.15) is 0 Å². The zero-order valence-electron chi connectivity index (χ0n) is 11.9. The summed E-state index contributed by atoms with van der Waals surface area (Å²) in [5.74, 6) is 0. The predicted molar refractivity (Wildman–Crippen MR) is 83.6 cm³/mol. The molecule has 0 aliphatic rings. The molecule has 0 amide bonds. The molecule has 0 radical (unpaired) electrons. The number of nitrogens with zero attached hydrogens (tertiary/aromatic N) is 1. The smallest absolute Gasteiger partial charge is 0.0937 e. The number of benzene rings is 1. The average Bonchev–Trinajstić information content (AvgIpc) is 2.85. The molecule has 0 aliphatic carbocycles. The van der Waals surface area contributed by atoms with E-state index in [1.54, 1.807) is 11.3 Å². The monoisotopic (exact) mass is 274 g/mol. The summed E-state index contributed by atoms with van der Waals surface area (Å²) >= 11 is 1.77. The Bertz CT molecular complexity index is 502. The van der Waals surface area contributed by atoms with E-state index in [1.807, 2.05) is 13.1 Å². The second kappa shape index (κ2) is 6.31. The van der Waals surface area contributed by atoms with Gasteiger partial charge in [-0.15, -0.1) is 11.3 Å². The van der Waals surface area contributed by atoms with E-state index in [0.29, 0.717) is 5.41 Å². The average molecular weight is 274 g/mol. The third-order valence-corrected chi connectivity index (χ3v) is 4.15. The van der Waals surface area contributed by atoms with Gasteiger partial charge in [0.05, 0.1) is 10.7 Å². The van der Waals surface area contributed by atoms with Crippen LogP contribution in [0.4, 0.5) is 0 Å². The second-order valence-electron chi connectivity index (χ2n) is 5.69. The molecule has 0 fully saturated rings. The maximum absolute atomic E-state index is 4.77. The Hall–Kier alpha value is -1.19. The standard InChI is InChI=1S/C16H22N2S/c1-16(2,9-10-17-3)11-15-18-14(12-19-15)13-7-5-4-6-8-13/h4-8,12,17H,9-11H2,1-3H3. The molecule has 19 heavy (non-hydrogen) atoms. The van der Waals surface area contributed by atoms with Crippen LogP contribution in [0.1, 0.15) is 25.3 Å². The molecule has 2 aromatic rings. The summed E-state index contributed by atoms with van der Waals surface area (Å²) in [7, 11) is 2.01.